The second-order valence-corrected chi connectivity index (χ2v) is 7.51. The van der Waals surface area contributed by atoms with Crippen LogP contribution in [0.3, 0.4) is 0 Å². The monoisotopic (exact) mass is 367 g/mol. The van der Waals surface area contributed by atoms with Gasteiger partial charge in [0, 0.05) is 16.7 Å². The molecule has 0 heterocycles. The SMILES string of the molecule is Cc1ccccc1C(=O)O[C@@H](C)C(=O)c1ccc(NC(=O)C(C)(C)C)cc1. The highest BCUT2D eigenvalue weighted by Crippen LogP contribution is 2.19. The molecule has 2 aromatic rings. The van der Waals surface area contributed by atoms with E-state index < -0.39 is 17.5 Å². The van der Waals surface area contributed by atoms with E-state index in [9.17, 15) is 14.4 Å². The molecule has 0 aromatic heterocycles. The van der Waals surface area contributed by atoms with Crippen LogP contribution in [0.2, 0.25) is 0 Å². The molecule has 0 unspecified atom stereocenters. The van der Waals surface area contributed by atoms with Crippen LogP contribution in [-0.2, 0) is 9.53 Å². The number of esters is 1. The summed E-state index contributed by atoms with van der Waals surface area (Å²) in [4.78, 5) is 36.8. The van der Waals surface area contributed by atoms with Gasteiger partial charge in [0.15, 0.2) is 6.10 Å². The summed E-state index contributed by atoms with van der Waals surface area (Å²) < 4.78 is 5.31. The Hall–Kier alpha value is -2.95. The van der Waals surface area contributed by atoms with E-state index in [2.05, 4.69) is 5.32 Å². The Morgan fingerprint density at radius 1 is 0.963 bits per heavy atom. The quantitative estimate of drug-likeness (QED) is 0.628. The second-order valence-electron chi connectivity index (χ2n) is 7.51. The molecular formula is C22H25NO4. The van der Waals surface area contributed by atoms with E-state index in [0.29, 0.717) is 16.8 Å². The number of rotatable bonds is 5. The summed E-state index contributed by atoms with van der Waals surface area (Å²) in [6.45, 7) is 8.83. The highest BCUT2D eigenvalue weighted by molar-refractivity contribution is 6.02. The van der Waals surface area contributed by atoms with Gasteiger partial charge < -0.3 is 10.1 Å². The van der Waals surface area contributed by atoms with Crippen LogP contribution in [0.4, 0.5) is 5.69 Å². The van der Waals surface area contributed by atoms with Crippen LogP contribution in [-0.4, -0.2) is 23.8 Å². The van der Waals surface area contributed by atoms with Crippen molar-refractivity contribution in [2.24, 2.45) is 5.41 Å². The van der Waals surface area contributed by atoms with Gasteiger partial charge in [-0.25, -0.2) is 4.79 Å². The Labute approximate surface area is 159 Å². The Morgan fingerprint density at radius 3 is 2.11 bits per heavy atom. The van der Waals surface area contributed by atoms with Gasteiger partial charge in [0.25, 0.3) is 0 Å². The number of amides is 1. The first kappa shape index (κ1) is 20.4. The zero-order valence-electron chi connectivity index (χ0n) is 16.3. The fourth-order valence-corrected chi connectivity index (χ4v) is 2.35. The standard InChI is InChI=1S/C22H25NO4/c1-14-8-6-7-9-18(14)20(25)27-15(2)19(24)16-10-12-17(13-11-16)23-21(26)22(3,4)5/h6-13,15H,1-5H3,(H,23,26)/t15-/m0/s1. The fourth-order valence-electron chi connectivity index (χ4n) is 2.35. The molecule has 0 aliphatic heterocycles. The lowest BCUT2D eigenvalue weighted by atomic mass is 9.95. The predicted molar refractivity (Wildman–Crippen MR) is 105 cm³/mol. The van der Waals surface area contributed by atoms with Gasteiger partial charge in [-0.3, -0.25) is 9.59 Å². The summed E-state index contributed by atoms with van der Waals surface area (Å²) in [6.07, 6.45) is -0.910. The minimum atomic E-state index is -0.910. The molecule has 1 N–H and O–H groups in total. The molecule has 0 bridgehead atoms. The smallest absolute Gasteiger partial charge is 0.339 e. The van der Waals surface area contributed by atoms with Crippen molar-refractivity contribution in [3.05, 3.63) is 65.2 Å². The van der Waals surface area contributed by atoms with E-state index in [1.165, 1.54) is 0 Å². The summed E-state index contributed by atoms with van der Waals surface area (Å²) in [5.41, 5.74) is 1.75. The van der Waals surface area contributed by atoms with Crippen molar-refractivity contribution in [1.29, 1.82) is 0 Å². The van der Waals surface area contributed by atoms with Crippen molar-refractivity contribution < 1.29 is 19.1 Å². The molecule has 1 amide bonds. The number of ether oxygens (including phenoxy) is 1. The van der Waals surface area contributed by atoms with Crippen LogP contribution in [0, 0.1) is 12.3 Å². The van der Waals surface area contributed by atoms with Crippen molar-refractivity contribution in [2.45, 2.75) is 40.7 Å². The molecule has 5 heteroatoms. The first-order valence-corrected chi connectivity index (χ1v) is 8.82. The Bertz CT molecular complexity index is 847. The number of hydrogen-bond donors (Lipinski definition) is 1. The van der Waals surface area contributed by atoms with Crippen LogP contribution in [0.15, 0.2) is 48.5 Å². The second kappa shape index (κ2) is 8.16. The Morgan fingerprint density at radius 2 is 1.56 bits per heavy atom. The van der Waals surface area contributed by atoms with Gasteiger partial charge in [0.05, 0.1) is 5.56 Å². The van der Waals surface area contributed by atoms with E-state index in [1.54, 1.807) is 43.3 Å². The Balaban J connectivity index is 2.03. The first-order chi connectivity index (χ1) is 12.6. The summed E-state index contributed by atoms with van der Waals surface area (Å²) in [7, 11) is 0. The lowest BCUT2D eigenvalue weighted by molar-refractivity contribution is -0.123. The summed E-state index contributed by atoms with van der Waals surface area (Å²) in [5.74, 6) is -0.934. The number of Topliss-reactive ketones (excluding diaryl/α,β-unsaturated/α-hetero) is 1. The van der Waals surface area contributed by atoms with Gasteiger partial charge >= 0.3 is 5.97 Å². The van der Waals surface area contributed by atoms with Crippen LogP contribution >= 0.6 is 0 Å². The van der Waals surface area contributed by atoms with Crippen LogP contribution in [0.5, 0.6) is 0 Å². The lowest BCUT2D eigenvalue weighted by Crippen LogP contribution is -2.27. The molecule has 0 aliphatic rings. The number of nitrogens with one attached hydrogen (secondary N) is 1. The van der Waals surface area contributed by atoms with Gasteiger partial charge in [-0.1, -0.05) is 39.0 Å². The maximum atomic E-state index is 12.5. The fraction of sp³-hybridized carbons (Fsp3) is 0.318. The normalized spacial score (nSPS) is 12.2. The number of anilines is 1. The third-order valence-corrected chi connectivity index (χ3v) is 4.13. The zero-order chi connectivity index (χ0) is 20.2. The van der Waals surface area contributed by atoms with E-state index in [-0.39, 0.29) is 11.7 Å². The van der Waals surface area contributed by atoms with Gasteiger partial charge in [0.2, 0.25) is 11.7 Å². The summed E-state index contributed by atoms with van der Waals surface area (Å²) >= 11 is 0. The van der Waals surface area contributed by atoms with E-state index in [0.717, 1.165) is 5.56 Å². The van der Waals surface area contributed by atoms with E-state index in [4.69, 9.17) is 4.74 Å². The number of ketones is 1. The Kier molecular flexibility index (Phi) is 6.16. The molecule has 0 radical (unpaired) electrons. The average molecular weight is 367 g/mol. The average Bonchev–Trinajstić information content (AvgIpc) is 2.61. The molecule has 0 spiro atoms. The minimum absolute atomic E-state index is 0.109. The molecule has 0 aliphatic carbocycles. The first-order valence-electron chi connectivity index (χ1n) is 8.82. The number of carbonyl (C=O) groups is 3. The van der Waals surface area contributed by atoms with Gasteiger partial charge in [0.1, 0.15) is 0 Å². The maximum absolute atomic E-state index is 12.5. The third kappa shape index (κ3) is 5.26. The molecule has 2 aromatic carbocycles. The lowest BCUT2D eigenvalue weighted by Gasteiger charge is -2.18. The molecule has 0 fully saturated rings. The molecule has 142 valence electrons. The van der Waals surface area contributed by atoms with Crippen LogP contribution in [0.25, 0.3) is 0 Å². The molecule has 27 heavy (non-hydrogen) atoms. The van der Waals surface area contributed by atoms with Crippen molar-refractivity contribution in [3.8, 4) is 0 Å². The van der Waals surface area contributed by atoms with Crippen molar-refractivity contribution in [1.82, 2.24) is 0 Å². The number of carbonyl (C=O) groups excluding carboxylic acids is 3. The van der Waals surface area contributed by atoms with E-state index in [1.807, 2.05) is 39.8 Å². The molecule has 5 nitrogen and oxygen atoms in total. The predicted octanol–water partition coefficient (Wildman–Crippen LogP) is 4.41. The maximum Gasteiger partial charge on any atom is 0.339 e. The largest absolute Gasteiger partial charge is 0.451 e. The summed E-state index contributed by atoms with van der Waals surface area (Å²) in [5, 5.41) is 2.80. The highest BCUT2D eigenvalue weighted by Gasteiger charge is 2.23. The number of aryl methyl sites for hydroxylation is 1. The van der Waals surface area contributed by atoms with Crippen molar-refractivity contribution in [3.63, 3.8) is 0 Å². The highest BCUT2D eigenvalue weighted by atomic mass is 16.5. The van der Waals surface area contributed by atoms with Gasteiger partial charge in [-0.2, -0.15) is 0 Å². The topological polar surface area (TPSA) is 72.5 Å². The minimum Gasteiger partial charge on any atom is -0.451 e. The van der Waals surface area contributed by atoms with Crippen LogP contribution in [0.1, 0.15) is 54.0 Å². The number of hydrogen-bond acceptors (Lipinski definition) is 4. The van der Waals surface area contributed by atoms with E-state index >= 15 is 0 Å². The number of benzene rings is 2. The molecule has 1 atom stereocenters. The third-order valence-electron chi connectivity index (χ3n) is 4.13. The zero-order valence-corrected chi connectivity index (χ0v) is 16.3. The van der Waals surface area contributed by atoms with Crippen molar-refractivity contribution >= 4 is 23.3 Å². The van der Waals surface area contributed by atoms with Crippen molar-refractivity contribution in [2.75, 3.05) is 5.32 Å². The van der Waals surface area contributed by atoms with Gasteiger partial charge in [-0.05, 0) is 49.7 Å². The summed E-state index contributed by atoms with van der Waals surface area (Å²) in [6, 6.07) is 13.6. The molecule has 2 rings (SSSR count). The van der Waals surface area contributed by atoms with Crippen LogP contribution < -0.4 is 5.32 Å². The molecule has 0 saturated heterocycles. The molecular weight excluding hydrogens is 342 g/mol. The van der Waals surface area contributed by atoms with Gasteiger partial charge in [-0.15, -0.1) is 0 Å². The molecule has 0 saturated carbocycles.